The van der Waals surface area contributed by atoms with Crippen molar-refractivity contribution in [3.05, 3.63) is 65.6 Å². The molecular formula is C23H25ClN6O2S. The van der Waals surface area contributed by atoms with Gasteiger partial charge < -0.3 is 19.9 Å². The summed E-state index contributed by atoms with van der Waals surface area (Å²) in [5.41, 5.74) is 2.12. The fraction of sp³-hybridized carbons (Fsp3) is 0.304. The fourth-order valence-electron chi connectivity index (χ4n) is 3.48. The summed E-state index contributed by atoms with van der Waals surface area (Å²) in [5, 5.41) is 3.74. The number of pyridine rings is 1. The van der Waals surface area contributed by atoms with Crippen molar-refractivity contribution in [2.45, 2.75) is 11.7 Å². The van der Waals surface area contributed by atoms with E-state index in [0.29, 0.717) is 16.9 Å². The molecule has 1 aliphatic rings. The maximum absolute atomic E-state index is 12.2. The van der Waals surface area contributed by atoms with Crippen LogP contribution in [0.5, 0.6) is 5.75 Å². The molecule has 0 bridgehead atoms. The van der Waals surface area contributed by atoms with Crippen LogP contribution in [0.25, 0.3) is 0 Å². The minimum atomic E-state index is -0.0953. The number of hydrogen-bond acceptors (Lipinski definition) is 8. The number of carbonyl (C=O) groups is 1. The largest absolute Gasteiger partial charge is 0.497 e. The topological polar surface area (TPSA) is 83.5 Å². The minimum absolute atomic E-state index is 0.0953. The number of carbonyl (C=O) groups excluding carboxylic acids is 1. The second-order valence-electron chi connectivity index (χ2n) is 7.43. The van der Waals surface area contributed by atoms with Gasteiger partial charge in [0.25, 0.3) is 0 Å². The van der Waals surface area contributed by atoms with Crippen molar-refractivity contribution in [2.24, 2.45) is 0 Å². The van der Waals surface area contributed by atoms with Crippen molar-refractivity contribution in [3.8, 4) is 5.75 Å². The molecule has 172 valence electrons. The molecule has 0 unspecified atom stereocenters. The van der Waals surface area contributed by atoms with Crippen LogP contribution in [0.15, 0.2) is 60.0 Å². The van der Waals surface area contributed by atoms with Crippen LogP contribution in [-0.4, -0.2) is 59.9 Å². The van der Waals surface area contributed by atoms with Crippen LogP contribution in [0, 0.1) is 0 Å². The zero-order chi connectivity index (χ0) is 23.0. The number of aromatic nitrogens is 3. The van der Waals surface area contributed by atoms with Gasteiger partial charge in [0.05, 0.1) is 12.9 Å². The Morgan fingerprint density at radius 3 is 2.58 bits per heavy atom. The van der Waals surface area contributed by atoms with Gasteiger partial charge in [-0.05, 0) is 35.9 Å². The molecule has 4 rings (SSSR count). The van der Waals surface area contributed by atoms with Crippen LogP contribution >= 0.6 is 23.4 Å². The number of amides is 1. The van der Waals surface area contributed by atoms with E-state index < -0.39 is 0 Å². The molecule has 8 nitrogen and oxygen atoms in total. The van der Waals surface area contributed by atoms with E-state index in [0.717, 1.165) is 43.3 Å². The number of piperazine rings is 1. The van der Waals surface area contributed by atoms with Gasteiger partial charge in [-0.1, -0.05) is 29.4 Å². The molecule has 0 spiro atoms. The summed E-state index contributed by atoms with van der Waals surface area (Å²) in [6.07, 6.45) is 3.43. The van der Waals surface area contributed by atoms with E-state index in [4.69, 9.17) is 16.3 Å². The Kier molecular flexibility index (Phi) is 7.85. The first-order chi connectivity index (χ1) is 16.1. The van der Waals surface area contributed by atoms with Crippen molar-refractivity contribution in [3.63, 3.8) is 0 Å². The lowest BCUT2D eigenvalue weighted by Gasteiger charge is -2.36. The number of anilines is 2. The summed E-state index contributed by atoms with van der Waals surface area (Å²) in [5.74, 6) is 1.75. The molecule has 0 radical (unpaired) electrons. The molecule has 1 saturated heterocycles. The Balaban J connectivity index is 1.30. The summed E-state index contributed by atoms with van der Waals surface area (Å²) in [6.45, 7) is 3.80. The summed E-state index contributed by atoms with van der Waals surface area (Å²) in [6, 6.07) is 13.6. The number of hydrogen-bond donors (Lipinski definition) is 1. The van der Waals surface area contributed by atoms with E-state index in [1.165, 1.54) is 17.4 Å². The molecule has 3 aromatic rings. The first-order valence-electron chi connectivity index (χ1n) is 10.6. The molecule has 0 atom stereocenters. The Morgan fingerprint density at radius 2 is 1.88 bits per heavy atom. The number of nitrogens with one attached hydrogen (secondary N) is 1. The molecule has 1 aliphatic heterocycles. The number of benzene rings is 1. The van der Waals surface area contributed by atoms with E-state index in [1.54, 1.807) is 25.6 Å². The van der Waals surface area contributed by atoms with Crippen LogP contribution < -0.4 is 19.9 Å². The van der Waals surface area contributed by atoms with Crippen molar-refractivity contribution < 1.29 is 9.53 Å². The highest BCUT2D eigenvalue weighted by Crippen LogP contribution is 2.25. The van der Waals surface area contributed by atoms with Gasteiger partial charge >= 0.3 is 0 Å². The molecule has 10 heteroatoms. The minimum Gasteiger partial charge on any atom is -0.497 e. The van der Waals surface area contributed by atoms with Gasteiger partial charge in [0.1, 0.15) is 16.7 Å². The zero-order valence-corrected chi connectivity index (χ0v) is 19.8. The zero-order valence-electron chi connectivity index (χ0n) is 18.3. The summed E-state index contributed by atoms with van der Waals surface area (Å²) < 4.78 is 5.24. The molecule has 1 amide bonds. The van der Waals surface area contributed by atoms with Crippen molar-refractivity contribution in [1.29, 1.82) is 0 Å². The average molecular weight is 485 g/mol. The fourth-order valence-corrected chi connectivity index (χ4v) is 4.39. The van der Waals surface area contributed by atoms with Crippen molar-refractivity contribution in [2.75, 3.05) is 48.8 Å². The third-order valence-electron chi connectivity index (χ3n) is 5.25. The normalized spacial score (nSPS) is 13.6. The number of rotatable bonds is 8. The number of ether oxygens (including phenoxy) is 1. The summed E-state index contributed by atoms with van der Waals surface area (Å²) >= 11 is 7.53. The molecule has 33 heavy (non-hydrogen) atoms. The second kappa shape index (κ2) is 11.2. The third kappa shape index (κ3) is 6.49. The lowest BCUT2D eigenvalue weighted by Crippen LogP contribution is -2.46. The van der Waals surface area contributed by atoms with Crippen LogP contribution in [0.2, 0.25) is 5.15 Å². The van der Waals surface area contributed by atoms with Gasteiger partial charge in [-0.3, -0.25) is 9.78 Å². The van der Waals surface area contributed by atoms with Gasteiger partial charge in [0, 0.05) is 56.9 Å². The maximum Gasteiger partial charge on any atom is 0.230 e. The van der Waals surface area contributed by atoms with Crippen LogP contribution in [0.1, 0.15) is 5.56 Å². The van der Waals surface area contributed by atoms with Gasteiger partial charge in [-0.15, -0.1) is 0 Å². The maximum atomic E-state index is 12.2. The average Bonchev–Trinajstić information content (AvgIpc) is 2.87. The van der Waals surface area contributed by atoms with Crippen LogP contribution in [0.3, 0.4) is 0 Å². The van der Waals surface area contributed by atoms with E-state index in [9.17, 15) is 4.79 Å². The lowest BCUT2D eigenvalue weighted by atomic mass is 10.2. The Hall–Kier alpha value is -3.04. The number of methoxy groups -OCH3 is 1. The van der Waals surface area contributed by atoms with E-state index >= 15 is 0 Å². The predicted molar refractivity (Wildman–Crippen MR) is 131 cm³/mol. The summed E-state index contributed by atoms with van der Waals surface area (Å²) in [7, 11) is 1.67. The monoisotopic (exact) mass is 484 g/mol. The van der Waals surface area contributed by atoms with E-state index in [1.807, 2.05) is 24.3 Å². The second-order valence-corrected chi connectivity index (χ2v) is 8.76. The van der Waals surface area contributed by atoms with Gasteiger partial charge in [-0.25, -0.2) is 9.97 Å². The van der Waals surface area contributed by atoms with Gasteiger partial charge in [-0.2, -0.15) is 0 Å². The molecule has 0 aliphatic carbocycles. The molecule has 3 heterocycles. The molecular weight excluding hydrogens is 460 g/mol. The highest BCUT2D eigenvalue weighted by atomic mass is 35.5. The number of halogens is 1. The highest BCUT2D eigenvalue weighted by Gasteiger charge is 2.20. The van der Waals surface area contributed by atoms with Gasteiger partial charge in [0.2, 0.25) is 5.91 Å². The van der Waals surface area contributed by atoms with Gasteiger partial charge in [0.15, 0.2) is 5.16 Å². The molecule has 2 aromatic heterocycles. The Bertz CT molecular complexity index is 1060. The van der Waals surface area contributed by atoms with Crippen LogP contribution in [-0.2, 0) is 11.3 Å². The summed E-state index contributed by atoms with van der Waals surface area (Å²) in [4.78, 5) is 29.7. The SMILES string of the molecule is COc1ccc(N2CCN(c3cc(Cl)nc(SCC(=O)NCc4cccnc4)n3)CC2)cc1. The molecule has 1 fully saturated rings. The molecule has 1 aromatic carbocycles. The van der Waals surface area contributed by atoms with Crippen LogP contribution in [0.4, 0.5) is 11.5 Å². The predicted octanol–water partition coefficient (Wildman–Crippen LogP) is 3.27. The third-order valence-corrected chi connectivity index (χ3v) is 6.29. The van der Waals surface area contributed by atoms with E-state index in [-0.39, 0.29) is 11.7 Å². The van der Waals surface area contributed by atoms with Crippen molar-refractivity contribution in [1.82, 2.24) is 20.3 Å². The highest BCUT2D eigenvalue weighted by molar-refractivity contribution is 7.99. The quantitative estimate of drug-likeness (QED) is 0.296. The molecule has 0 saturated carbocycles. The number of nitrogens with zero attached hydrogens (tertiary/aromatic N) is 5. The first kappa shape index (κ1) is 23.1. The lowest BCUT2D eigenvalue weighted by molar-refractivity contribution is -0.118. The Labute approximate surface area is 202 Å². The van der Waals surface area contributed by atoms with E-state index in [2.05, 4.69) is 42.2 Å². The standard InChI is InChI=1S/C23H25ClN6O2S/c1-32-19-6-4-18(5-7-19)29-9-11-30(12-10-29)21-13-20(24)27-23(28-21)33-16-22(31)26-15-17-3-2-8-25-14-17/h2-8,13-14H,9-12,15-16H2,1H3,(H,26,31). The Morgan fingerprint density at radius 1 is 1.12 bits per heavy atom. The first-order valence-corrected chi connectivity index (χ1v) is 11.9. The molecule has 1 N–H and O–H groups in total. The smallest absolute Gasteiger partial charge is 0.230 e. The van der Waals surface area contributed by atoms with Crippen molar-refractivity contribution >= 4 is 40.8 Å². The number of thioether (sulfide) groups is 1.